The lowest BCUT2D eigenvalue weighted by Crippen LogP contribution is -2.13. The van der Waals surface area contributed by atoms with Crippen LogP contribution in [0.1, 0.15) is 6.92 Å². The van der Waals surface area contributed by atoms with Crippen molar-refractivity contribution in [1.29, 1.82) is 0 Å². The summed E-state index contributed by atoms with van der Waals surface area (Å²) >= 11 is 0. The highest BCUT2D eigenvalue weighted by atomic mass is 16.5. The molecule has 5 nitrogen and oxygen atoms in total. The van der Waals surface area contributed by atoms with Crippen molar-refractivity contribution in [2.75, 3.05) is 24.7 Å². The number of hydrogen-bond acceptors (Lipinski definition) is 5. The van der Waals surface area contributed by atoms with Crippen LogP contribution in [0, 0.1) is 0 Å². The maximum Gasteiger partial charge on any atom is 0.336 e. The molecule has 0 aliphatic heterocycles. The lowest BCUT2D eigenvalue weighted by Gasteiger charge is -2.10. The molecule has 0 heterocycles. The van der Waals surface area contributed by atoms with Gasteiger partial charge >= 0.3 is 5.97 Å². The zero-order valence-electron chi connectivity index (χ0n) is 9.73. The SMILES string of the molecule is C=C(COc1ccc(N)cc1N)C(=O)OCC. The Bertz CT molecular complexity index is 430. The van der Waals surface area contributed by atoms with E-state index in [2.05, 4.69) is 6.58 Å². The van der Waals surface area contributed by atoms with Gasteiger partial charge in [0, 0.05) is 5.69 Å². The number of benzene rings is 1. The lowest BCUT2D eigenvalue weighted by atomic mass is 10.2. The molecule has 0 unspecified atom stereocenters. The third-order valence-corrected chi connectivity index (χ3v) is 2.00. The van der Waals surface area contributed by atoms with E-state index in [4.69, 9.17) is 20.9 Å². The Balaban J connectivity index is 2.56. The third-order valence-electron chi connectivity index (χ3n) is 2.00. The van der Waals surface area contributed by atoms with Gasteiger partial charge in [0.05, 0.1) is 17.9 Å². The number of nitrogens with two attached hydrogens (primary N) is 2. The molecule has 92 valence electrons. The molecule has 5 heteroatoms. The van der Waals surface area contributed by atoms with Crippen molar-refractivity contribution in [3.8, 4) is 5.75 Å². The highest BCUT2D eigenvalue weighted by molar-refractivity contribution is 5.88. The average Bonchev–Trinajstić information content (AvgIpc) is 2.27. The Hall–Kier alpha value is -2.17. The van der Waals surface area contributed by atoms with Crippen molar-refractivity contribution in [3.05, 3.63) is 30.4 Å². The Morgan fingerprint density at radius 3 is 2.71 bits per heavy atom. The molecule has 17 heavy (non-hydrogen) atoms. The first-order chi connectivity index (χ1) is 8.04. The van der Waals surface area contributed by atoms with E-state index in [9.17, 15) is 4.79 Å². The Labute approximate surface area is 100.0 Å². The third kappa shape index (κ3) is 3.71. The maximum atomic E-state index is 11.3. The molecule has 1 rings (SSSR count). The van der Waals surface area contributed by atoms with Crippen LogP contribution in [-0.4, -0.2) is 19.2 Å². The van der Waals surface area contributed by atoms with Gasteiger partial charge < -0.3 is 20.9 Å². The predicted molar refractivity (Wildman–Crippen MR) is 66.5 cm³/mol. The van der Waals surface area contributed by atoms with Gasteiger partial charge in [0.1, 0.15) is 12.4 Å². The summed E-state index contributed by atoms with van der Waals surface area (Å²) in [6.45, 7) is 5.64. The molecule has 0 spiro atoms. The first kappa shape index (κ1) is 12.9. The van der Waals surface area contributed by atoms with Crippen LogP contribution >= 0.6 is 0 Å². The van der Waals surface area contributed by atoms with Crippen LogP contribution in [-0.2, 0) is 9.53 Å². The second kappa shape index (κ2) is 5.79. The van der Waals surface area contributed by atoms with Gasteiger partial charge in [0.2, 0.25) is 0 Å². The highest BCUT2D eigenvalue weighted by Crippen LogP contribution is 2.23. The van der Waals surface area contributed by atoms with Crippen molar-refractivity contribution in [2.24, 2.45) is 0 Å². The molecular formula is C12H16N2O3. The smallest absolute Gasteiger partial charge is 0.336 e. The zero-order chi connectivity index (χ0) is 12.8. The van der Waals surface area contributed by atoms with Gasteiger partial charge in [-0.3, -0.25) is 0 Å². The van der Waals surface area contributed by atoms with Gasteiger partial charge in [-0.05, 0) is 25.1 Å². The Morgan fingerprint density at radius 1 is 1.41 bits per heavy atom. The maximum absolute atomic E-state index is 11.3. The highest BCUT2D eigenvalue weighted by Gasteiger charge is 2.09. The van der Waals surface area contributed by atoms with E-state index in [0.29, 0.717) is 23.7 Å². The first-order valence-corrected chi connectivity index (χ1v) is 5.17. The van der Waals surface area contributed by atoms with Crippen molar-refractivity contribution < 1.29 is 14.3 Å². The summed E-state index contributed by atoms with van der Waals surface area (Å²) in [5, 5.41) is 0. The monoisotopic (exact) mass is 236 g/mol. The first-order valence-electron chi connectivity index (χ1n) is 5.17. The number of carbonyl (C=O) groups excluding carboxylic acids is 1. The molecule has 0 aromatic heterocycles. The molecule has 1 aromatic rings. The Morgan fingerprint density at radius 2 is 2.12 bits per heavy atom. The minimum absolute atomic E-state index is 0.0347. The van der Waals surface area contributed by atoms with Gasteiger partial charge in [-0.1, -0.05) is 6.58 Å². The number of anilines is 2. The molecular weight excluding hydrogens is 220 g/mol. The van der Waals surface area contributed by atoms with Crippen LogP contribution in [0.15, 0.2) is 30.4 Å². The van der Waals surface area contributed by atoms with E-state index in [0.717, 1.165) is 0 Å². The second-order valence-corrected chi connectivity index (χ2v) is 3.41. The van der Waals surface area contributed by atoms with Crippen molar-refractivity contribution >= 4 is 17.3 Å². The fourth-order valence-electron chi connectivity index (χ4n) is 1.16. The summed E-state index contributed by atoms with van der Waals surface area (Å²) < 4.78 is 10.1. The summed E-state index contributed by atoms with van der Waals surface area (Å²) in [6.07, 6.45) is 0. The van der Waals surface area contributed by atoms with Gasteiger partial charge in [-0.15, -0.1) is 0 Å². The van der Waals surface area contributed by atoms with Crippen LogP contribution in [0.3, 0.4) is 0 Å². The lowest BCUT2D eigenvalue weighted by molar-refractivity contribution is -0.138. The van der Waals surface area contributed by atoms with E-state index in [1.807, 2.05) is 0 Å². The number of rotatable bonds is 5. The fourth-order valence-corrected chi connectivity index (χ4v) is 1.16. The van der Waals surface area contributed by atoms with Crippen molar-refractivity contribution in [1.82, 2.24) is 0 Å². The zero-order valence-corrected chi connectivity index (χ0v) is 9.73. The van der Waals surface area contributed by atoms with Crippen LogP contribution in [0.4, 0.5) is 11.4 Å². The minimum Gasteiger partial charge on any atom is -0.486 e. The Kier molecular flexibility index (Phi) is 4.39. The topological polar surface area (TPSA) is 87.6 Å². The van der Waals surface area contributed by atoms with E-state index in [1.54, 1.807) is 25.1 Å². The van der Waals surface area contributed by atoms with Crippen molar-refractivity contribution in [2.45, 2.75) is 6.92 Å². The molecule has 0 saturated heterocycles. The number of esters is 1. The van der Waals surface area contributed by atoms with Crippen LogP contribution < -0.4 is 16.2 Å². The quantitative estimate of drug-likeness (QED) is 0.457. The normalized spacial score (nSPS) is 9.71. The van der Waals surface area contributed by atoms with Gasteiger partial charge in [-0.25, -0.2) is 4.79 Å². The summed E-state index contributed by atoms with van der Waals surface area (Å²) in [4.78, 5) is 11.3. The molecule has 0 fully saturated rings. The molecule has 4 N–H and O–H groups in total. The van der Waals surface area contributed by atoms with Gasteiger partial charge in [-0.2, -0.15) is 0 Å². The van der Waals surface area contributed by atoms with E-state index in [-0.39, 0.29) is 12.2 Å². The van der Waals surface area contributed by atoms with E-state index >= 15 is 0 Å². The predicted octanol–water partition coefficient (Wildman–Crippen LogP) is 1.35. The molecule has 0 bridgehead atoms. The molecule has 0 aliphatic rings. The molecule has 0 amide bonds. The second-order valence-electron chi connectivity index (χ2n) is 3.41. The van der Waals surface area contributed by atoms with Crippen LogP contribution in [0.2, 0.25) is 0 Å². The summed E-state index contributed by atoms with van der Waals surface area (Å²) in [6, 6.07) is 4.89. The van der Waals surface area contributed by atoms with Crippen LogP contribution in [0.25, 0.3) is 0 Å². The summed E-state index contributed by atoms with van der Waals surface area (Å²) in [5.41, 5.74) is 12.4. The van der Waals surface area contributed by atoms with E-state index < -0.39 is 5.97 Å². The fraction of sp³-hybridized carbons (Fsp3) is 0.250. The van der Waals surface area contributed by atoms with Gasteiger partial charge in [0.15, 0.2) is 0 Å². The van der Waals surface area contributed by atoms with Crippen molar-refractivity contribution in [3.63, 3.8) is 0 Å². The average molecular weight is 236 g/mol. The molecule has 0 atom stereocenters. The molecule has 0 radical (unpaired) electrons. The standard InChI is InChI=1S/C12H16N2O3/c1-3-16-12(15)8(2)7-17-11-5-4-9(13)6-10(11)14/h4-6H,2-3,7,13-14H2,1H3. The number of ether oxygens (including phenoxy) is 2. The number of carbonyl (C=O) groups is 1. The van der Waals surface area contributed by atoms with Gasteiger partial charge in [0.25, 0.3) is 0 Å². The van der Waals surface area contributed by atoms with E-state index in [1.165, 1.54) is 0 Å². The number of hydrogen-bond donors (Lipinski definition) is 2. The summed E-state index contributed by atoms with van der Waals surface area (Å²) in [7, 11) is 0. The molecule has 0 aliphatic carbocycles. The molecule has 1 aromatic carbocycles. The summed E-state index contributed by atoms with van der Waals surface area (Å²) in [5.74, 6) is -0.00818. The number of nitrogen functional groups attached to an aromatic ring is 2. The van der Waals surface area contributed by atoms with Crippen LogP contribution in [0.5, 0.6) is 5.75 Å². The minimum atomic E-state index is -0.471. The largest absolute Gasteiger partial charge is 0.486 e. The molecule has 0 saturated carbocycles.